The van der Waals surface area contributed by atoms with Gasteiger partial charge in [0, 0.05) is 63.7 Å². The molecule has 0 amide bonds. The van der Waals surface area contributed by atoms with Gasteiger partial charge in [0.1, 0.15) is 0 Å². The Balaban J connectivity index is 1.12. The Morgan fingerprint density at radius 2 is 1.11 bits per heavy atom. The monoisotopic (exact) mass is 1140 g/mol. The maximum Gasteiger partial charge on any atom is 0.260 e. The third-order valence-corrected chi connectivity index (χ3v) is 25.8. The second-order valence-electron chi connectivity index (χ2n) is 32.7. The lowest BCUT2D eigenvalue weighted by atomic mass is 9.33. The van der Waals surface area contributed by atoms with Crippen molar-refractivity contribution in [1.29, 1.82) is 0 Å². The van der Waals surface area contributed by atoms with E-state index in [0.717, 1.165) is 0 Å². The van der Waals surface area contributed by atoms with Crippen LogP contribution in [0.4, 0.5) is 34.1 Å². The minimum Gasteiger partial charge on any atom is -0.310 e. The standard InChI is InChI=1S/C79H89BN2S2/c1-45-35-47(72(3,4)5)36-46(2)69(45)81(50-25-27-53-52-23-19-20-24-63(52)83-64(53)42-50)51-39-55-67-66-60(78(17)29-21-22-30-79(67,78)18)37-48(73(6,7)8)38-61(66)80-68(55)62(41-51)82(49-26-28-56-57(40-49)75(11,12)32-31-74(56,9)10)70-54-43-58-59(44-65(54)84-71(70)80)77(15,16)34-33-76(58,13)14/h19-20,23-28,35-44,67H,21-22,29-34H2,1-18H3. The van der Waals surface area contributed by atoms with Crippen LogP contribution < -0.4 is 25.5 Å². The van der Waals surface area contributed by atoms with Crippen molar-refractivity contribution in [3.8, 4) is 0 Å². The second kappa shape index (κ2) is 17.6. The minimum atomic E-state index is -0.0179. The fourth-order valence-electron chi connectivity index (χ4n) is 18.0. The van der Waals surface area contributed by atoms with E-state index in [1.807, 2.05) is 11.3 Å². The lowest BCUT2D eigenvalue weighted by Crippen LogP contribution is -2.61. The van der Waals surface area contributed by atoms with Crippen molar-refractivity contribution in [1.82, 2.24) is 0 Å². The molecule has 430 valence electrons. The normalized spacial score (nSPS) is 23.0. The fraction of sp³-hybridized carbons (Fsp3) is 0.443. The van der Waals surface area contributed by atoms with Gasteiger partial charge in [-0.2, -0.15) is 0 Å². The number of thiophene rings is 2. The number of hydrogen-bond acceptors (Lipinski definition) is 4. The van der Waals surface area contributed by atoms with Crippen molar-refractivity contribution in [3.63, 3.8) is 0 Å². The van der Waals surface area contributed by atoms with Gasteiger partial charge in [-0.3, -0.25) is 0 Å². The first-order chi connectivity index (χ1) is 39.4. The van der Waals surface area contributed by atoms with E-state index in [2.05, 4.69) is 255 Å². The average molecular weight is 1140 g/mol. The van der Waals surface area contributed by atoms with Gasteiger partial charge in [0.05, 0.1) is 11.4 Å². The Kier molecular flexibility index (Phi) is 11.5. The van der Waals surface area contributed by atoms with E-state index >= 15 is 0 Å². The van der Waals surface area contributed by atoms with Crippen LogP contribution in [0, 0.1) is 19.3 Å². The summed E-state index contributed by atoms with van der Waals surface area (Å²) >= 11 is 4.06. The number of nitrogens with zero attached hydrogens (tertiary/aromatic N) is 2. The molecule has 9 aromatic rings. The van der Waals surface area contributed by atoms with Gasteiger partial charge in [0.15, 0.2) is 0 Å². The van der Waals surface area contributed by atoms with E-state index in [-0.39, 0.29) is 56.0 Å². The Hall–Kier alpha value is -5.62. The lowest BCUT2D eigenvalue weighted by Gasteiger charge is -2.51. The summed E-state index contributed by atoms with van der Waals surface area (Å²) in [7, 11) is 0. The summed E-state index contributed by atoms with van der Waals surface area (Å²) in [6, 6.07) is 45.6. The molecular formula is C79H89BN2S2. The molecule has 4 aliphatic carbocycles. The molecule has 0 saturated heterocycles. The second-order valence-corrected chi connectivity index (χ2v) is 34.9. The van der Waals surface area contributed by atoms with Crippen LogP contribution >= 0.6 is 22.7 Å². The molecule has 2 nitrogen and oxygen atoms in total. The van der Waals surface area contributed by atoms with E-state index in [0.29, 0.717) is 0 Å². The van der Waals surface area contributed by atoms with E-state index in [1.165, 1.54) is 159 Å². The van der Waals surface area contributed by atoms with Crippen molar-refractivity contribution in [2.45, 2.75) is 220 Å². The highest BCUT2D eigenvalue weighted by molar-refractivity contribution is 7.33. The van der Waals surface area contributed by atoms with Gasteiger partial charge >= 0.3 is 0 Å². The number of anilines is 6. The molecule has 5 heteroatoms. The molecule has 3 atom stereocenters. The molecule has 0 radical (unpaired) electrons. The smallest absolute Gasteiger partial charge is 0.260 e. The van der Waals surface area contributed by atoms with E-state index in [4.69, 9.17) is 0 Å². The van der Waals surface area contributed by atoms with Crippen molar-refractivity contribution in [2.24, 2.45) is 5.41 Å². The molecule has 6 aliphatic rings. The largest absolute Gasteiger partial charge is 0.310 e. The van der Waals surface area contributed by atoms with Crippen molar-refractivity contribution < 1.29 is 0 Å². The molecule has 0 bridgehead atoms. The Morgan fingerprint density at radius 1 is 0.512 bits per heavy atom. The predicted molar refractivity (Wildman–Crippen MR) is 368 cm³/mol. The molecule has 0 N–H and O–H groups in total. The minimum absolute atomic E-state index is 0.00672. The van der Waals surface area contributed by atoms with Gasteiger partial charge in [-0.1, -0.05) is 184 Å². The van der Waals surface area contributed by atoms with E-state index < -0.39 is 0 Å². The zero-order chi connectivity index (χ0) is 59.1. The third-order valence-electron chi connectivity index (χ3n) is 23.5. The number of hydrogen-bond donors (Lipinski definition) is 0. The highest BCUT2D eigenvalue weighted by Gasteiger charge is 2.63. The first kappa shape index (κ1) is 55.0. The first-order valence-corrected chi connectivity index (χ1v) is 33.8. The van der Waals surface area contributed by atoms with Gasteiger partial charge in [-0.05, 0) is 217 Å². The molecule has 1 saturated carbocycles. The highest BCUT2D eigenvalue weighted by atomic mass is 32.1. The van der Waals surface area contributed by atoms with Crippen LogP contribution in [-0.4, -0.2) is 6.71 Å². The summed E-state index contributed by atoms with van der Waals surface area (Å²) < 4.78 is 5.63. The Bertz CT molecular complexity index is 4310. The highest BCUT2D eigenvalue weighted by Crippen LogP contribution is 2.68. The van der Waals surface area contributed by atoms with Gasteiger partial charge in [0.2, 0.25) is 0 Å². The first-order valence-electron chi connectivity index (χ1n) is 32.2. The summed E-state index contributed by atoms with van der Waals surface area (Å²) in [5, 5.41) is 4.10. The van der Waals surface area contributed by atoms with Crippen LogP contribution in [0.1, 0.15) is 229 Å². The fourth-order valence-corrected chi connectivity index (χ4v) is 20.5. The van der Waals surface area contributed by atoms with Crippen molar-refractivity contribution in [2.75, 3.05) is 9.80 Å². The van der Waals surface area contributed by atoms with Crippen LogP contribution in [-0.2, 0) is 37.9 Å². The molecule has 84 heavy (non-hydrogen) atoms. The molecule has 7 aromatic carbocycles. The summed E-state index contributed by atoms with van der Waals surface area (Å²) in [5.74, 6) is 0.235. The van der Waals surface area contributed by atoms with Gasteiger partial charge < -0.3 is 9.80 Å². The van der Waals surface area contributed by atoms with Crippen LogP contribution in [0.15, 0.2) is 109 Å². The molecule has 2 aliphatic heterocycles. The summed E-state index contributed by atoms with van der Waals surface area (Å²) in [5.41, 5.74) is 27.8. The summed E-state index contributed by atoms with van der Waals surface area (Å²) in [6.45, 7) is 44.9. The molecule has 3 unspecified atom stereocenters. The van der Waals surface area contributed by atoms with Crippen LogP contribution in [0.25, 0.3) is 30.3 Å². The molecule has 0 spiro atoms. The number of fused-ring (bicyclic) bond motifs is 14. The number of aryl methyl sites for hydroxylation is 2. The SMILES string of the molecule is Cc1cc(C(C)(C)C)cc(C)c1N(c1cc2c3c(c1)N(c1ccc4c(c1)C(C)(C)CCC4(C)C)c1c(sc4cc5c(cc14)C(C)(C)CCC5(C)C)B3c1cc(C(C)(C)C)cc3c1C2C1(C)CCCCC31C)c1ccc2c(c1)sc1ccccc12. The van der Waals surface area contributed by atoms with Crippen molar-refractivity contribution in [3.05, 3.63) is 170 Å². The maximum absolute atomic E-state index is 2.87. The zero-order valence-electron chi connectivity index (χ0n) is 53.9. The average Bonchev–Trinajstić information content (AvgIpc) is 1.72. The number of rotatable bonds is 4. The molecule has 2 aromatic heterocycles. The molecular weight excluding hydrogens is 1050 g/mol. The molecule has 4 heterocycles. The topological polar surface area (TPSA) is 6.48 Å². The zero-order valence-corrected chi connectivity index (χ0v) is 55.5. The van der Waals surface area contributed by atoms with Gasteiger partial charge in [-0.15, -0.1) is 22.7 Å². The quantitative estimate of drug-likeness (QED) is 0.162. The third kappa shape index (κ3) is 7.58. The maximum atomic E-state index is 2.87. The summed E-state index contributed by atoms with van der Waals surface area (Å²) in [4.78, 5) is 5.59. The van der Waals surface area contributed by atoms with Crippen LogP contribution in [0.3, 0.4) is 0 Å². The van der Waals surface area contributed by atoms with E-state index in [1.54, 1.807) is 33.2 Å². The van der Waals surface area contributed by atoms with E-state index in [9.17, 15) is 0 Å². The Morgan fingerprint density at radius 3 is 1.79 bits per heavy atom. The summed E-state index contributed by atoms with van der Waals surface area (Å²) in [6.07, 6.45) is 9.76. The molecule has 1 fully saturated rings. The predicted octanol–water partition coefficient (Wildman–Crippen LogP) is 21.2. The van der Waals surface area contributed by atoms with Gasteiger partial charge in [-0.25, -0.2) is 0 Å². The number of benzene rings is 7. The van der Waals surface area contributed by atoms with Crippen LogP contribution in [0.2, 0.25) is 0 Å². The lowest BCUT2D eigenvalue weighted by molar-refractivity contribution is 0.0926. The van der Waals surface area contributed by atoms with Gasteiger partial charge in [0.25, 0.3) is 6.71 Å². The van der Waals surface area contributed by atoms with Crippen LogP contribution in [0.5, 0.6) is 0 Å². The van der Waals surface area contributed by atoms with Crippen molar-refractivity contribution >= 4 is 109 Å². The Labute approximate surface area is 511 Å². The molecule has 15 rings (SSSR count).